The van der Waals surface area contributed by atoms with Crippen LogP contribution in [0.15, 0.2) is 109 Å². The second kappa shape index (κ2) is 19.1. The Labute approximate surface area is 297 Å². The smallest absolute Gasteiger partial charge is 0.343 e. The van der Waals surface area contributed by atoms with Gasteiger partial charge in [0.05, 0.1) is 31.8 Å². The summed E-state index contributed by atoms with van der Waals surface area (Å²) in [6.45, 7) is 4.09. The third-order valence-corrected chi connectivity index (χ3v) is 8.18. The zero-order valence-electron chi connectivity index (χ0n) is 28.4. The predicted octanol–water partition coefficient (Wildman–Crippen LogP) is 7.68. The minimum absolute atomic E-state index is 0.0430. The average Bonchev–Trinajstić information content (AvgIpc) is 3.16. The first kappa shape index (κ1) is 36.8. The van der Waals surface area contributed by atoms with Crippen LogP contribution in [-0.2, 0) is 24.0 Å². The van der Waals surface area contributed by atoms with E-state index in [9.17, 15) is 14.4 Å². The number of hydrogen-bond donors (Lipinski definition) is 1. The molecule has 266 valence electrons. The molecule has 0 saturated heterocycles. The molecular formula is C41H42O10. The maximum atomic E-state index is 12.6. The SMILES string of the molecule is C=C(CC(=O)OC1CCCCC1)C(=O)OCCCOc1ccc(-c2ccc(-c3ccc(OC(=O)c4ccc(OOCCO)cc4)cc3)cc2)cc1. The Hall–Kier alpha value is -5.45. The second-order valence-electron chi connectivity index (χ2n) is 12.0. The molecule has 4 aromatic carbocycles. The highest BCUT2D eigenvalue weighted by atomic mass is 17.2. The lowest BCUT2D eigenvalue weighted by atomic mass is 9.98. The molecule has 1 fully saturated rings. The van der Waals surface area contributed by atoms with E-state index in [1.807, 2.05) is 60.7 Å². The van der Waals surface area contributed by atoms with Crippen molar-refractivity contribution in [3.63, 3.8) is 0 Å². The summed E-state index contributed by atoms with van der Waals surface area (Å²) in [6, 6.07) is 29.5. The van der Waals surface area contributed by atoms with Crippen LogP contribution in [0.2, 0.25) is 0 Å². The van der Waals surface area contributed by atoms with Gasteiger partial charge in [0.25, 0.3) is 0 Å². The van der Waals surface area contributed by atoms with Crippen molar-refractivity contribution in [2.75, 3.05) is 26.4 Å². The Kier molecular flexibility index (Phi) is 13.8. The summed E-state index contributed by atoms with van der Waals surface area (Å²) in [6.07, 6.45) is 5.31. The van der Waals surface area contributed by atoms with Crippen LogP contribution in [0.25, 0.3) is 22.3 Å². The van der Waals surface area contributed by atoms with Crippen molar-refractivity contribution in [3.8, 4) is 39.5 Å². The number of benzene rings is 4. The topological polar surface area (TPSA) is 127 Å². The lowest BCUT2D eigenvalue weighted by molar-refractivity contribution is -0.212. The van der Waals surface area contributed by atoms with Gasteiger partial charge in [0.2, 0.25) is 0 Å². The fourth-order valence-electron chi connectivity index (χ4n) is 5.45. The third-order valence-electron chi connectivity index (χ3n) is 8.18. The molecular weight excluding hydrogens is 652 g/mol. The van der Waals surface area contributed by atoms with Crippen molar-refractivity contribution in [1.29, 1.82) is 0 Å². The van der Waals surface area contributed by atoms with Crippen LogP contribution in [0.5, 0.6) is 17.2 Å². The van der Waals surface area contributed by atoms with Crippen molar-refractivity contribution >= 4 is 17.9 Å². The molecule has 1 aliphatic rings. The van der Waals surface area contributed by atoms with Gasteiger partial charge in [0.1, 0.15) is 24.2 Å². The number of aliphatic hydroxyl groups is 1. The number of carbonyl (C=O) groups excluding carboxylic acids is 3. The average molecular weight is 695 g/mol. The maximum Gasteiger partial charge on any atom is 0.343 e. The predicted molar refractivity (Wildman–Crippen MR) is 190 cm³/mol. The molecule has 51 heavy (non-hydrogen) atoms. The first-order valence-electron chi connectivity index (χ1n) is 17.1. The quantitative estimate of drug-likeness (QED) is 0.0294. The van der Waals surface area contributed by atoms with Crippen LogP contribution in [-0.4, -0.2) is 55.5 Å². The molecule has 0 aliphatic heterocycles. The molecule has 1 N–H and O–H groups in total. The molecule has 0 amide bonds. The van der Waals surface area contributed by atoms with Crippen LogP contribution >= 0.6 is 0 Å². The fourth-order valence-corrected chi connectivity index (χ4v) is 5.45. The lowest BCUT2D eigenvalue weighted by Crippen LogP contribution is -2.22. The van der Waals surface area contributed by atoms with Crippen LogP contribution < -0.4 is 14.4 Å². The van der Waals surface area contributed by atoms with Crippen LogP contribution in [0, 0.1) is 0 Å². The molecule has 0 spiro atoms. The summed E-state index contributed by atoms with van der Waals surface area (Å²) in [7, 11) is 0. The van der Waals surface area contributed by atoms with Crippen molar-refractivity contribution in [2.45, 2.75) is 51.0 Å². The molecule has 1 saturated carbocycles. The van der Waals surface area contributed by atoms with E-state index in [2.05, 4.69) is 6.58 Å². The molecule has 0 bridgehead atoms. The van der Waals surface area contributed by atoms with E-state index in [4.69, 9.17) is 33.8 Å². The van der Waals surface area contributed by atoms with Gasteiger partial charge in [-0.1, -0.05) is 61.5 Å². The van der Waals surface area contributed by atoms with Crippen LogP contribution in [0.4, 0.5) is 0 Å². The molecule has 0 aromatic heterocycles. The van der Waals surface area contributed by atoms with Gasteiger partial charge in [-0.3, -0.25) is 4.79 Å². The van der Waals surface area contributed by atoms with E-state index < -0.39 is 17.9 Å². The summed E-state index contributed by atoms with van der Waals surface area (Å²) in [5, 5.41) is 8.74. The van der Waals surface area contributed by atoms with Crippen molar-refractivity contribution in [2.24, 2.45) is 0 Å². The molecule has 0 heterocycles. The molecule has 10 heteroatoms. The second-order valence-corrected chi connectivity index (χ2v) is 12.0. The number of ether oxygens (including phenoxy) is 4. The Morgan fingerprint density at radius 1 is 0.667 bits per heavy atom. The molecule has 0 atom stereocenters. The van der Waals surface area contributed by atoms with E-state index >= 15 is 0 Å². The molecule has 0 unspecified atom stereocenters. The minimum Gasteiger partial charge on any atom is -0.493 e. The highest BCUT2D eigenvalue weighted by Gasteiger charge is 2.20. The monoisotopic (exact) mass is 694 g/mol. The van der Waals surface area contributed by atoms with Crippen LogP contribution in [0.1, 0.15) is 55.3 Å². The standard InChI is InChI=1S/C41H42O10/c1-29(28-39(43)49-36-6-3-2-4-7-36)40(44)47-26-5-25-46-35-18-12-32(13-19-35)30-8-10-31(11-9-30)33-14-20-37(21-15-33)50-41(45)34-16-22-38(23-17-34)51-48-27-24-42/h8-23,36,42H,1-7,24-28H2. The summed E-state index contributed by atoms with van der Waals surface area (Å²) in [5.74, 6) is -0.00185. The van der Waals surface area contributed by atoms with E-state index in [-0.39, 0.29) is 37.9 Å². The molecule has 0 radical (unpaired) electrons. The highest BCUT2D eigenvalue weighted by Crippen LogP contribution is 2.28. The Morgan fingerprint density at radius 2 is 1.22 bits per heavy atom. The van der Waals surface area contributed by atoms with Crippen LogP contribution in [0.3, 0.4) is 0 Å². The first-order chi connectivity index (χ1) is 24.9. The number of rotatable bonds is 17. The number of carbonyl (C=O) groups is 3. The lowest BCUT2D eigenvalue weighted by Gasteiger charge is -2.21. The summed E-state index contributed by atoms with van der Waals surface area (Å²) >= 11 is 0. The zero-order valence-corrected chi connectivity index (χ0v) is 28.4. The van der Waals surface area contributed by atoms with Gasteiger partial charge in [-0.25, -0.2) is 9.59 Å². The van der Waals surface area contributed by atoms with Crippen molar-refractivity contribution < 1.29 is 48.2 Å². The fraction of sp³-hybridized carbons (Fsp3) is 0.293. The first-order valence-corrected chi connectivity index (χ1v) is 17.1. The van der Waals surface area contributed by atoms with Crippen molar-refractivity contribution in [1.82, 2.24) is 0 Å². The molecule has 4 aromatic rings. The van der Waals surface area contributed by atoms with E-state index in [0.29, 0.717) is 35.8 Å². The Balaban J connectivity index is 1.01. The molecule has 10 nitrogen and oxygen atoms in total. The highest BCUT2D eigenvalue weighted by molar-refractivity contribution is 5.93. The number of aliphatic hydroxyl groups excluding tert-OH is 1. The van der Waals surface area contributed by atoms with E-state index in [1.165, 1.54) is 6.42 Å². The summed E-state index contributed by atoms with van der Waals surface area (Å²) in [5.41, 5.74) is 4.51. The third kappa shape index (κ3) is 11.6. The Bertz CT molecular complexity index is 1720. The Morgan fingerprint density at radius 3 is 1.80 bits per heavy atom. The summed E-state index contributed by atoms with van der Waals surface area (Å²) < 4.78 is 22.0. The van der Waals surface area contributed by atoms with E-state index in [0.717, 1.165) is 47.9 Å². The summed E-state index contributed by atoms with van der Waals surface area (Å²) in [4.78, 5) is 46.7. The zero-order chi connectivity index (χ0) is 35.8. The van der Waals surface area contributed by atoms with Gasteiger partial charge in [0, 0.05) is 12.0 Å². The van der Waals surface area contributed by atoms with E-state index in [1.54, 1.807) is 36.4 Å². The van der Waals surface area contributed by atoms with Gasteiger partial charge in [-0.2, -0.15) is 4.89 Å². The van der Waals surface area contributed by atoms with Gasteiger partial charge >= 0.3 is 17.9 Å². The maximum absolute atomic E-state index is 12.6. The van der Waals surface area contributed by atoms with Gasteiger partial charge < -0.3 is 28.9 Å². The normalized spacial score (nSPS) is 12.8. The van der Waals surface area contributed by atoms with Gasteiger partial charge in [0.15, 0.2) is 5.75 Å². The largest absolute Gasteiger partial charge is 0.493 e. The minimum atomic E-state index is -0.596. The van der Waals surface area contributed by atoms with Crippen molar-refractivity contribution in [3.05, 3.63) is 115 Å². The molecule has 5 rings (SSSR count). The van der Waals surface area contributed by atoms with Gasteiger partial charge in [-0.15, -0.1) is 0 Å². The number of hydrogen-bond acceptors (Lipinski definition) is 10. The van der Waals surface area contributed by atoms with Gasteiger partial charge in [-0.05, 0) is 96.5 Å². The molecule has 1 aliphatic carbocycles. The number of esters is 3.